The van der Waals surface area contributed by atoms with E-state index in [1.54, 1.807) is 0 Å². The van der Waals surface area contributed by atoms with Crippen molar-refractivity contribution in [3.63, 3.8) is 0 Å². The lowest BCUT2D eigenvalue weighted by atomic mass is 9.83. The molecule has 4 nitrogen and oxygen atoms in total. The van der Waals surface area contributed by atoms with Gasteiger partial charge in [-0.2, -0.15) is 0 Å². The quantitative estimate of drug-likeness (QED) is 0.846. The van der Waals surface area contributed by atoms with E-state index in [1.165, 1.54) is 12.8 Å². The van der Waals surface area contributed by atoms with Gasteiger partial charge in [0, 0.05) is 6.54 Å². The number of hydrogen-bond donors (Lipinski definition) is 1. The lowest BCUT2D eigenvalue weighted by molar-refractivity contribution is 0.220. The zero-order chi connectivity index (χ0) is 14.6. The van der Waals surface area contributed by atoms with Gasteiger partial charge in [-0.15, -0.1) is 0 Å². The summed E-state index contributed by atoms with van der Waals surface area (Å²) in [5.74, 6) is 1.92. The second kappa shape index (κ2) is 7.23. The molecule has 1 saturated carbocycles. The van der Waals surface area contributed by atoms with E-state index < -0.39 is 10.0 Å². The Labute approximate surface area is 124 Å². The van der Waals surface area contributed by atoms with Crippen molar-refractivity contribution in [1.29, 1.82) is 0 Å². The molecule has 0 aromatic carbocycles. The predicted molar refractivity (Wildman–Crippen MR) is 83.1 cm³/mol. The van der Waals surface area contributed by atoms with Crippen LogP contribution in [0.5, 0.6) is 0 Å². The van der Waals surface area contributed by atoms with Crippen molar-refractivity contribution >= 4 is 10.0 Å². The third kappa shape index (κ3) is 5.34. The van der Waals surface area contributed by atoms with Crippen molar-refractivity contribution in [2.75, 3.05) is 32.4 Å². The van der Waals surface area contributed by atoms with Crippen LogP contribution in [0.25, 0.3) is 0 Å². The van der Waals surface area contributed by atoms with E-state index in [0.29, 0.717) is 30.1 Å². The summed E-state index contributed by atoms with van der Waals surface area (Å²) in [6.45, 7) is 5.06. The molecule has 0 aromatic rings. The smallest absolute Gasteiger partial charge is 0.211 e. The standard InChI is InChI=1S/C15H30N2O2S/c1-13-4-3-5-15(10-13)12-20(18,19)16-11-14-6-8-17(2)9-7-14/h13-16H,3-12H2,1-2H3. The second-order valence-corrected chi connectivity index (χ2v) is 8.87. The van der Waals surface area contributed by atoms with E-state index in [-0.39, 0.29) is 0 Å². The summed E-state index contributed by atoms with van der Waals surface area (Å²) in [5, 5.41) is 0. The molecule has 20 heavy (non-hydrogen) atoms. The van der Waals surface area contributed by atoms with Crippen LogP contribution in [0.4, 0.5) is 0 Å². The molecule has 2 rings (SSSR count). The van der Waals surface area contributed by atoms with Gasteiger partial charge in [-0.1, -0.05) is 19.8 Å². The largest absolute Gasteiger partial charge is 0.306 e. The monoisotopic (exact) mass is 302 g/mol. The first-order valence-corrected chi connectivity index (χ1v) is 9.75. The number of rotatable bonds is 5. The summed E-state index contributed by atoms with van der Waals surface area (Å²) in [6, 6.07) is 0. The van der Waals surface area contributed by atoms with Gasteiger partial charge in [0.2, 0.25) is 10.0 Å². The van der Waals surface area contributed by atoms with Gasteiger partial charge in [0.1, 0.15) is 0 Å². The van der Waals surface area contributed by atoms with Crippen molar-refractivity contribution in [2.45, 2.75) is 45.4 Å². The highest BCUT2D eigenvalue weighted by molar-refractivity contribution is 7.89. The Morgan fingerprint density at radius 3 is 2.45 bits per heavy atom. The summed E-state index contributed by atoms with van der Waals surface area (Å²) >= 11 is 0. The Morgan fingerprint density at radius 2 is 1.80 bits per heavy atom. The van der Waals surface area contributed by atoms with Crippen LogP contribution in [-0.2, 0) is 10.0 Å². The molecule has 2 aliphatic rings. The minimum atomic E-state index is -3.08. The highest BCUT2D eigenvalue weighted by Gasteiger charge is 2.25. The van der Waals surface area contributed by atoms with Crippen molar-refractivity contribution in [3.8, 4) is 0 Å². The Bertz CT molecular complexity index is 389. The summed E-state index contributed by atoms with van der Waals surface area (Å²) in [4.78, 5) is 2.31. The third-order valence-corrected chi connectivity index (χ3v) is 6.45. The van der Waals surface area contributed by atoms with Crippen LogP contribution in [0.1, 0.15) is 45.4 Å². The van der Waals surface area contributed by atoms with Gasteiger partial charge in [0.05, 0.1) is 5.75 Å². The molecule has 2 atom stereocenters. The third-order valence-electron chi connectivity index (χ3n) is 4.93. The summed E-state index contributed by atoms with van der Waals surface area (Å²) in [5.41, 5.74) is 0. The van der Waals surface area contributed by atoms with Gasteiger partial charge >= 0.3 is 0 Å². The maximum absolute atomic E-state index is 12.2. The zero-order valence-electron chi connectivity index (χ0n) is 13.0. The minimum Gasteiger partial charge on any atom is -0.306 e. The van der Waals surface area contributed by atoms with E-state index in [4.69, 9.17) is 0 Å². The van der Waals surface area contributed by atoms with Crippen LogP contribution >= 0.6 is 0 Å². The molecule has 0 radical (unpaired) electrons. The van der Waals surface area contributed by atoms with Crippen LogP contribution < -0.4 is 4.72 Å². The Morgan fingerprint density at radius 1 is 1.10 bits per heavy atom. The lowest BCUT2D eigenvalue weighted by Gasteiger charge is -2.29. The number of nitrogens with zero attached hydrogens (tertiary/aromatic N) is 1. The number of sulfonamides is 1. The molecule has 2 unspecified atom stereocenters. The van der Waals surface area contributed by atoms with E-state index in [1.807, 2.05) is 0 Å². The molecule has 0 aromatic heterocycles. The van der Waals surface area contributed by atoms with Gasteiger partial charge in [-0.3, -0.25) is 0 Å². The SMILES string of the molecule is CC1CCCC(CS(=O)(=O)NCC2CCN(C)CC2)C1. The van der Waals surface area contributed by atoms with Crippen LogP contribution in [-0.4, -0.2) is 45.8 Å². The van der Waals surface area contributed by atoms with E-state index in [0.717, 1.165) is 38.8 Å². The molecule has 118 valence electrons. The number of hydrogen-bond acceptors (Lipinski definition) is 3. The van der Waals surface area contributed by atoms with Gasteiger partial charge < -0.3 is 4.90 Å². The first-order valence-electron chi connectivity index (χ1n) is 8.10. The predicted octanol–water partition coefficient (Wildman–Crippen LogP) is 2.07. The molecular formula is C15H30N2O2S. The Kier molecular flexibility index (Phi) is 5.87. The van der Waals surface area contributed by atoms with E-state index in [2.05, 4.69) is 23.6 Å². The highest BCUT2D eigenvalue weighted by atomic mass is 32.2. The fourth-order valence-electron chi connectivity index (χ4n) is 3.59. The molecule has 0 spiro atoms. The van der Waals surface area contributed by atoms with Crippen molar-refractivity contribution < 1.29 is 8.42 Å². The maximum atomic E-state index is 12.2. The summed E-state index contributed by atoms with van der Waals surface area (Å²) in [6.07, 6.45) is 6.84. The zero-order valence-corrected chi connectivity index (χ0v) is 13.8. The summed E-state index contributed by atoms with van der Waals surface area (Å²) < 4.78 is 27.2. The molecular weight excluding hydrogens is 272 g/mol. The average molecular weight is 302 g/mol. The van der Waals surface area contributed by atoms with E-state index >= 15 is 0 Å². The molecule has 1 aliphatic heterocycles. The first-order chi connectivity index (χ1) is 9.44. The normalized spacial score (nSPS) is 30.5. The molecule has 1 heterocycles. The fourth-order valence-corrected chi connectivity index (χ4v) is 5.12. The fraction of sp³-hybridized carbons (Fsp3) is 1.00. The molecule has 1 N–H and O–H groups in total. The van der Waals surface area contributed by atoms with Gasteiger partial charge in [0.15, 0.2) is 0 Å². The Hall–Kier alpha value is -0.130. The number of piperidine rings is 1. The molecule has 2 fully saturated rings. The number of likely N-dealkylation sites (tertiary alicyclic amines) is 1. The molecule has 1 saturated heterocycles. The molecule has 0 bridgehead atoms. The summed E-state index contributed by atoms with van der Waals surface area (Å²) in [7, 11) is -0.952. The number of nitrogens with one attached hydrogen (secondary N) is 1. The molecule has 5 heteroatoms. The molecule has 0 amide bonds. The topological polar surface area (TPSA) is 49.4 Å². The van der Waals surface area contributed by atoms with Crippen molar-refractivity contribution in [1.82, 2.24) is 9.62 Å². The van der Waals surface area contributed by atoms with Gasteiger partial charge in [0.25, 0.3) is 0 Å². The van der Waals surface area contributed by atoms with Gasteiger partial charge in [-0.25, -0.2) is 13.1 Å². The second-order valence-electron chi connectivity index (χ2n) is 7.01. The van der Waals surface area contributed by atoms with Crippen LogP contribution in [0.3, 0.4) is 0 Å². The maximum Gasteiger partial charge on any atom is 0.211 e. The minimum absolute atomic E-state index is 0.337. The Balaban J connectivity index is 1.73. The van der Waals surface area contributed by atoms with Crippen LogP contribution in [0.15, 0.2) is 0 Å². The average Bonchev–Trinajstić information content (AvgIpc) is 2.37. The van der Waals surface area contributed by atoms with Crippen LogP contribution in [0, 0.1) is 17.8 Å². The highest BCUT2D eigenvalue weighted by Crippen LogP contribution is 2.29. The van der Waals surface area contributed by atoms with Crippen LogP contribution in [0.2, 0.25) is 0 Å². The lowest BCUT2D eigenvalue weighted by Crippen LogP contribution is -2.38. The van der Waals surface area contributed by atoms with Crippen molar-refractivity contribution in [3.05, 3.63) is 0 Å². The first kappa shape index (κ1) is 16.2. The van der Waals surface area contributed by atoms with Gasteiger partial charge in [-0.05, 0) is 63.6 Å². The van der Waals surface area contributed by atoms with Crippen molar-refractivity contribution in [2.24, 2.45) is 17.8 Å². The van der Waals surface area contributed by atoms with E-state index in [9.17, 15) is 8.42 Å². The molecule has 1 aliphatic carbocycles.